The van der Waals surface area contributed by atoms with Gasteiger partial charge in [0.15, 0.2) is 0 Å². The molecule has 0 saturated heterocycles. The van der Waals surface area contributed by atoms with Gasteiger partial charge < -0.3 is 9.15 Å². The van der Waals surface area contributed by atoms with Gasteiger partial charge in [0.05, 0.1) is 0 Å². The summed E-state index contributed by atoms with van der Waals surface area (Å²) in [7, 11) is 0. The molecule has 8 aromatic carbocycles. The van der Waals surface area contributed by atoms with Crippen molar-refractivity contribution in [3.63, 3.8) is 0 Å². The molecule has 0 radical (unpaired) electrons. The first-order chi connectivity index (χ1) is 24.0. The molecule has 230 valence electrons. The zero-order chi connectivity index (χ0) is 32.4. The van der Waals surface area contributed by atoms with Crippen molar-refractivity contribution in [2.45, 2.75) is 19.3 Å². The second-order valence-corrected chi connectivity index (χ2v) is 14.1. The zero-order valence-corrected chi connectivity index (χ0v) is 27.2. The van der Waals surface area contributed by atoms with E-state index in [-0.39, 0.29) is 5.41 Å². The molecular formula is C47H30O2. The molecule has 0 amide bonds. The highest BCUT2D eigenvalue weighted by Crippen LogP contribution is 2.54. The molecule has 9 aromatic rings. The third-order valence-electron chi connectivity index (χ3n) is 11.0. The Balaban J connectivity index is 1.03. The Morgan fingerprint density at radius 2 is 1.16 bits per heavy atom. The highest BCUT2D eigenvalue weighted by molar-refractivity contribution is 6.09. The van der Waals surface area contributed by atoms with E-state index in [4.69, 9.17) is 9.15 Å². The summed E-state index contributed by atoms with van der Waals surface area (Å²) < 4.78 is 12.5. The topological polar surface area (TPSA) is 22.4 Å². The van der Waals surface area contributed by atoms with Crippen molar-refractivity contribution in [3.8, 4) is 56.0 Å². The van der Waals surface area contributed by atoms with Gasteiger partial charge in [-0.2, -0.15) is 0 Å². The second kappa shape index (κ2) is 9.49. The number of hydrogen-bond donors (Lipinski definition) is 0. The van der Waals surface area contributed by atoms with Gasteiger partial charge in [-0.15, -0.1) is 0 Å². The third-order valence-corrected chi connectivity index (χ3v) is 11.0. The number of ether oxygens (including phenoxy) is 1. The molecule has 2 aliphatic rings. The lowest BCUT2D eigenvalue weighted by molar-refractivity contribution is 0.487. The van der Waals surface area contributed by atoms with Crippen LogP contribution in [0.3, 0.4) is 0 Å². The molecule has 1 aliphatic heterocycles. The largest absolute Gasteiger partial charge is 0.456 e. The summed E-state index contributed by atoms with van der Waals surface area (Å²) in [4.78, 5) is 0. The molecule has 0 fully saturated rings. The Bertz CT molecular complexity index is 2880. The summed E-state index contributed by atoms with van der Waals surface area (Å²) >= 11 is 0. The van der Waals surface area contributed by atoms with Crippen LogP contribution in [0.5, 0.6) is 11.5 Å². The van der Waals surface area contributed by atoms with Gasteiger partial charge in [-0.3, -0.25) is 0 Å². The maximum absolute atomic E-state index is 6.40. The number of benzene rings is 8. The van der Waals surface area contributed by atoms with Gasteiger partial charge in [0.25, 0.3) is 0 Å². The highest BCUT2D eigenvalue weighted by Gasteiger charge is 2.37. The van der Waals surface area contributed by atoms with Crippen molar-refractivity contribution < 1.29 is 9.15 Å². The number of fused-ring (bicyclic) bond motifs is 10. The monoisotopic (exact) mass is 626 g/mol. The van der Waals surface area contributed by atoms with Gasteiger partial charge in [0.2, 0.25) is 0 Å². The van der Waals surface area contributed by atoms with E-state index < -0.39 is 0 Å². The smallest absolute Gasteiger partial charge is 0.135 e. The minimum absolute atomic E-state index is 0.175. The Labute approximate surface area is 283 Å². The van der Waals surface area contributed by atoms with E-state index in [1.165, 1.54) is 71.6 Å². The highest BCUT2D eigenvalue weighted by atomic mass is 16.5. The summed E-state index contributed by atoms with van der Waals surface area (Å²) in [5.41, 5.74) is 14.3. The van der Waals surface area contributed by atoms with Crippen LogP contribution in [0.1, 0.15) is 25.0 Å². The molecule has 2 heteroatoms. The van der Waals surface area contributed by atoms with Gasteiger partial charge in [0, 0.05) is 27.1 Å². The van der Waals surface area contributed by atoms with E-state index in [0.717, 1.165) is 39.0 Å². The maximum Gasteiger partial charge on any atom is 0.135 e. The Morgan fingerprint density at radius 1 is 0.429 bits per heavy atom. The number of furan rings is 1. The van der Waals surface area contributed by atoms with Crippen molar-refractivity contribution in [2.24, 2.45) is 0 Å². The van der Waals surface area contributed by atoms with Gasteiger partial charge in [-0.1, -0.05) is 117 Å². The molecule has 0 saturated carbocycles. The van der Waals surface area contributed by atoms with Crippen LogP contribution in [-0.4, -0.2) is 0 Å². The lowest BCUT2D eigenvalue weighted by atomic mass is 9.79. The van der Waals surface area contributed by atoms with Crippen molar-refractivity contribution in [2.75, 3.05) is 0 Å². The second-order valence-electron chi connectivity index (χ2n) is 14.1. The molecule has 1 aliphatic carbocycles. The molecule has 49 heavy (non-hydrogen) atoms. The minimum Gasteiger partial charge on any atom is -0.456 e. The van der Waals surface area contributed by atoms with Crippen LogP contribution < -0.4 is 4.74 Å². The van der Waals surface area contributed by atoms with Crippen molar-refractivity contribution >= 4 is 43.5 Å². The Kier molecular flexibility index (Phi) is 5.21. The maximum atomic E-state index is 6.40. The van der Waals surface area contributed by atoms with Crippen LogP contribution in [-0.2, 0) is 5.41 Å². The molecule has 2 nitrogen and oxygen atoms in total. The summed E-state index contributed by atoms with van der Waals surface area (Å²) in [5, 5.41) is 7.28. The first-order valence-corrected chi connectivity index (χ1v) is 17.0. The molecule has 1 aromatic heterocycles. The van der Waals surface area contributed by atoms with Gasteiger partial charge in [-0.05, 0) is 109 Å². The van der Waals surface area contributed by atoms with E-state index >= 15 is 0 Å². The van der Waals surface area contributed by atoms with E-state index in [9.17, 15) is 0 Å². The third kappa shape index (κ3) is 3.66. The molecule has 0 unspecified atom stereocenters. The van der Waals surface area contributed by atoms with E-state index in [1.807, 2.05) is 12.1 Å². The average Bonchev–Trinajstić information content (AvgIpc) is 3.62. The zero-order valence-electron chi connectivity index (χ0n) is 27.2. The van der Waals surface area contributed by atoms with Crippen LogP contribution in [0, 0.1) is 0 Å². The molecule has 11 rings (SSSR count). The molecule has 0 bridgehead atoms. The SMILES string of the molecule is CC1(C)c2cc(-c3ccc4c(c3)-c3cccc5cccc(c35)O4)ccc2-c2ccc3c(-c4ccc5oc6ccccc6c5c4)cccc3c21. The molecular weight excluding hydrogens is 597 g/mol. The predicted octanol–water partition coefficient (Wildman–Crippen LogP) is 13.3. The predicted molar refractivity (Wildman–Crippen MR) is 203 cm³/mol. The average molecular weight is 627 g/mol. The van der Waals surface area contributed by atoms with Crippen LogP contribution in [0.4, 0.5) is 0 Å². The fourth-order valence-corrected chi connectivity index (χ4v) is 8.75. The molecule has 0 N–H and O–H groups in total. The summed E-state index contributed by atoms with van der Waals surface area (Å²) in [6, 6.07) is 52.8. The van der Waals surface area contributed by atoms with Crippen LogP contribution in [0.15, 0.2) is 150 Å². The van der Waals surface area contributed by atoms with E-state index in [0.29, 0.717) is 0 Å². The lowest BCUT2D eigenvalue weighted by Crippen LogP contribution is -2.15. The van der Waals surface area contributed by atoms with Gasteiger partial charge in [0.1, 0.15) is 22.7 Å². The van der Waals surface area contributed by atoms with E-state index in [1.54, 1.807) is 0 Å². The number of hydrogen-bond acceptors (Lipinski definition) is 2. The number of rotatable bonds is 2. The first-order valence-electron chi connectivity index (χ1n) is 17.0. The summed E-state index contributed by atoms with van der Waals surface area (Å²) in [5.74, 6) is 1.84. The van der Waals surface area contributed by atoms with E-state index in [2.05, 4.69) is 147 Å². The van der Waals surface area contributed by atoms with Crippen LogP contribution in [0.25, 0.3) is 88.0 Å². The summed E-state index contributed by atoms with van der Waals surface area (Å²) in [6.45, 7) is 4.77. The normalized spacial score (nSPS) is 13.8. The summed E-state index contributed by atoms with van der Waals surface area (Å²) in [6.07, 6.45) is 0. The van der Waals surface area contributed by atoms with Crippen LogP contribution in [0.2, 0.25) is 0 Å². The Morgan fingerprint density at radius 3 is 2.10 bits per heavy atom. The van der Waals surface area contributed by atoms with Crippen molar-refractivity contribution in [3.05, 3.63) is 157 Å². The quantitative estimate of drug-likeness (QED) is 0.190. The minimum atomic E-state index is -0.175. The standard InChI is InChI=1S/C47H30O2/c1-47(2)40-26-29(28-17-22-43-39(24-28)35-12-5-8-27-9-6-15-44(49-43)45(27)35)16-19-33(40)37-21-20-32-31(11-7-13-36(32)46(37)47)30-18-23-42-38(25-30)34-10-3-4-14-41(34)48-42/h3-26H,1-2H3. The first kappa shape index (κ1) is 26.9. The van der Waals surface area contributed by atoms with Crippen molar-refractivity contribution in [1.82, 2.24) is 0 Å². The molecule has 0 atom stereocenters. The molecule has 0 spiro atoms. The fraction of sp³-hybridized carbons (Fsp3) is 0.0638. The number of para-hydroxylation sites is 1. The fourth-order valence-electron chi connectivity index (χ4n) is 8.75. The van der Waals surface area contributed by atoms with Gasteiger partial charge >= 0.3 is 0 Å². The van der Waals surface area contributed by atoms with Gasteiger partial charge in [-0.25, -0.2) is 0 Å². The van der Waals surface area contributed by atoms with Crippen LogP contribution >= 0.6 is 0 Å². The molecule has 2 heterocycles. The Hall–Kier alpha value is -6.12. The lowest BCUT2D eigenvalue weighted by Gasteiger charge is -2.24. The van der Waals surface area contributed by atoms with Crippen molar-refractivity contribution in [1.29, 1.82) is 0 Å².